The normalized spacial score (nSPS) is 22.7. The molecule has 0 radical (unpaired) electrons. The van der Waals surface area contributed by atoms with Crippen LogP contribution >= 0.6 is 15.9 Å². The van der Waals surface area contributed by atoms with Crippen LogP contribution in [0.4, 0.5) is 0 Å². The van der Waals surface area contributed by atoms with Crippen LogP contribution in [-0.2, 0) is 10.0 Å². The smallest absolute Gasteiger partial charge is 0.211 e. The topological polar surface area (TPSA) is 55.4 Å². The Kier molecular flexibility index (Phi) is 3.99. The fraction of sp³-hybridized carbons (Fsp3) is 0.500. The van der Waals surface area contributed by atoms with Gasteiger partial charge in [-0.25, -0.2) is 13.1 Å². The van der Waals surface area contributed by atoms with Crippen LogP contribution in [0.5, 0.6) is 5.75 Å². The lowest BCUT2D eigenvalue weighted by atomic mass is 10.1. The van der Waals surface area contributed by atoms with E-state index in [9.17, 15) is 8.42 Å². The largest absolute Gasteiger partial charge is 0.489 e. The molecule has 100 valence electrons. The van der Waals surface area contributed by atoms with Crippen molar-refractivity contribution < 1.29 is 13.2 Å². The van der Waals surface area contributed by atoms with Gasteiger partial charge in [-0.15, -0.1) is 0 Å². The minimum Gasteiger partial charge on any atom is -0.489 e. The number of rotatable bonds is 2. The molecule has 0 saturated carbocycles. The minimum atomic E-state index is -3.07. The molecule has 1 heterocycles. The van der Waals surface area contributed by atoms with Gasteiger partial charge < -0.3 is 4.74 Å². The maximum atomic E-state index is 11.2. The van der Waals surface area contributed by atoms with E-state index in [1.165, 1.54) is 0 Å². The van der Waals surface area contributed by atoms with Crippen molar-refractivity contribution in [3.63, 3.8) is 0 Å². The number of sulfonamides is 1. The van der Waals surface area contributed by atoms with Crippen LogP contribution in [0.15, 0.2) is 16.6 Å². The molecule has 1 aromatic rings. The maximum Gasteiger partial charge on any atom is 0.211 e. The molecule has 6 heteroatoms. The summed E-state index contributed by atoms with van der Waals surface area (Å²) in [5.74, 6) is 0.922. The molecule has 1 fully saturated rings. The lowest BCUT2D eigenvalue weighted by Crippen LogP contribution is -2.43. The number of nitrogens with one attached hydrogen (secondary N) is 1. The van der Waals surface area contributed by atoms with E-state index in [4.69, 9.17) is 4.74 Å². The van der Waals surface area contributed by atoms with Gasteiger partial charge in [0.25, 0.3) is 0 Å². The summed E-state index contributed by atoms with van der Waals surface area (Å²) in [6.07, 6.45) is 0.442. The van der Waals surface area contributed by atoms with Gasteiger partial charge in [-0.2, -0.15) is 0 Å². The van der Waals surface area contributed by atoms with Crippen molar-refractivity contribution in [2.45, 2.75) is 26.4 Å². The summed E-state index contributed by atoms with van der Waals surface area (Å²) in [5, 5.41) is 0. The summed E-state index contributed by atoms with van der Waals surface area (Å²) >= 11 is 3.51. The van der Waals surface area contributed by atoms with Gasteiger partial charge in [0.05, 0.1) is 5.75 Å². The van der Waals surface area contributed by atoms with Gasteiger partial charge in [0, 0.05) is 17.4 Å². The number of ether oxygens (including phenoxy) is 1. The van der Waals surface area contributed by atoms with Crippen LogP contribution in [-0.4, -0.2) is 26.8 Å². The molecule has 1 aromatic carbocycles. The van der Waals surface area contributed by atoms with Gasteiger partial charge in [0.1, 0.15) is 11.9 Å². The molecule has 1 atom stereocenters. The highest BCUT2D eigenvalue weighted by molar-refractivity contribution is 9.10. The minimum absolute atomic E-state index is 0.0894. The van der Waals surface area contributed by atoms with Crippen LogP contribution in [0.25, 0.3) is 0 Å². The summed E-state index contributed by atoms with van der Waals surface area (Å²) in [7, 11) is -3.07. The summed E-state index contributed by atoms with van der Waals surface area (Å²) in [6.45, 7) is 4.36. The van der Waals surface area contributed by atoms with Gasteiger partial charge in [-0.3, -0.25) is 0 Å². The predicted octanol–water partition coefficient (Wildman–Crippen LogP) is 2.14. The van der Waals surface area contributed by atoms with E-state index < -0.39 is 10.0 Å². The molecule has 1 aliphatic heterocycles. The van der Waals surface area contributed by atoms with Gasteiger partial charge in [0.2, 0.25) is 10.0 Å². The first-order valence-electron chi connectivity index (χ1n) is 5.78. The molecule has 0 bridgehead atoms. The standard InChI is InChI=1S/C12H16BrNO3S/c1-8-5-11(6-9(2)12(8)13)17-10-3-4-18(15,16)14-7-10/h5-6,10,14H,3-4,7H2,1-2H3/t10-/m0/s1. The molecular weight excluding hydrogens is 318 g/mol. The van der Waals surface area contributed by atoms with E-state index in [1.807, 2.05) is 26.0 Å². The van der Waals surface area contributed by atoms with Crippen molar-refractivity contribution in [3.8, 4) is 5.75 Å². The van der Waals surface area contributed by atoms with Gasteiger partial charge in [-0.05, 0) is 37.1 Å². The van der Waals surface area contributed by atoms with Crippen LogP contribution in [0, 0.1) is 13.8 Å². The quantitative estimate of drug-likeness (QED) is 0.902. The molecule has 0 aliphatic carbocycles. The van der Waals surface area contributed by atoms with Crippen LogP contribution in [0.2, 0.25) is 0 Å². The van der Waals surface area contributed by atoms with Crippen LogP contribution in [0.3, 0.4) is 0 Å². The van der Waals surface area contributed by atoms with Crippen molar-refractivity contribution in [1.82, 2.24) is 4.72 Å². The van der Waals surface area contributed by atoms with E-state index in [2.05, 4.69) is 20.7 Å². The Morgan fingerprint density at radius 3 is 2.44 bits per heavy atom. The molecule has 2 rings (SSSR count). The summed E-state index contributed by atoms with van der Waals surface area (Å²) in [5.41, 5.74) is 2.22. The molecule has 1 N–H and O–H groups in total. The molecule has 0 unspecified atom stereocenters. The first kappa shape index (κ1) is 13.8. The fourth-order valence-electron chi connectivity index (χ4n) is 1.95. The first-order valence-corrected chi connectivity index (χ1v) is 8.22. The fourth-order valence-corrected chi connectivity index (χ4v) is 3.33. The molecule has 18 heavy (non-hydrogen) atoms. The second-order valence-corrected chi connectivity index (χ2v) is 7.29. The number of hydrogen-bond acceptors (Lipinski definition) is 3. The van der Waals surface area contributed by atoms with E-state index in [1.54, 1.807) is 0 Å². The molecule has 0 amide bonds. The van der Waals surface area contributed by atoms with Crippen LogP contribution < -0.4 is 9.46 Å². The van der Waals surface area contributed by atoms with E-state index in [0.717, 1.165) is 21.3 Å². The highest BCUT2D eigenvalue weighted by atomic mass is 79.9. The monoisotopic (exact) mass is 333 g/mol. The average molecular weight is 334 g/mol. The lowest BCUT2D eigenvalue weighted by molar-refractivity contribution is 0.195. The van der Waals surface area contributed by atoms with Crippen LogP contribution in [0.1, 0.15) is 17.5 Å². The SMILES string of the molecule is Cc1cc(O[C@H]2CCS(=O)(=O)NC2)cc(C)c1Br. The van der Waals surface area contributed by atoms with Crippen molar-refractivity contribution >= 4 is 26.0 Å². The van der Waals surface area contributed by atoms with E-state index in [-0.39, 0.29) is 11.9 Å². The van der Waals surface area contributed by atoms with Crippen molar-refractivity contribution in [3.05, 3.63) is 27.7 Å². The zero-order valence-corrected chi connectivity index (χ0v) is 12.8. The Bertz CT molecular complexity index is 519. The second kappa shape index (κ2) is 5.19. The summed E-state index contributed by atoms with van der Waals surface area (Å²) in [4.78, 5) is 0. The third-order valence-corrected chi connectivity index (χ3v) is 5.58. The summed E-state index contributed by atoms with van der Waals surface area (Å²) < 4.78 is 31.9. The van der Waals surface area contributed by atoms with Gasteiger partial charge in [0.15, 0.2) is 0 Å². The Morgan fingerprint density at radius 2 is 1.94 bits per heavy atom. The van der Waals surface area contributed by atoms with E-state index >= 15 is 0 Å². The third-order valence-electron chi connectivity index (χ3n) is 2.95. The Hall–Kier alpha value is -0.590. The second-order valence-electron chi connectivity index (χ2n) is 4.57. The number of hydrogen-bond donors (Lipinski definition) is 1. The lowest BCUT2D eigenvalue weighted by Gasteiger charge is -2.24. The predicted molar refractivity (Wildman–Crippen MR) is 74.4 cm³/mol. The number of aryl methyl sites for hydroxylation is 2. The zero-order chi connectivity index (χ0) is 13.3. The Labute approximate surface area is 116 Å². The molecular formula is C12H16BrNO3S. The van der Waals surface area contributed by atoms with Crippen molar-refractivity contribution in [2.75, 3.05) is 12.3 Å². The maximum absolute atomic E-state index is 11.2. The molecule has 0 aromatic heterocycles. The Morgan fingerprint density at radius 1 is 1.33 bits per heavy atom. The first-order chi connectivity index (χ1) is 8.37. The Balaban J connectivity index is 2.07. The van der Waals surface area contributed by atoms with Gasteiger partial charge in [-0.1, -0.05) is 15.9 Å². The molecule has 1 aliphatic rings. The molecule has 4 nitrogen and oxygen atoms in total. The van der Waals surface area contributed by atoms with Gasteiger partial charge >= 0.3 is 0 Å². The number of benzene rings is 1. The highest BCUT2D eigenvalue weighted by Crippen LogP contribution is 2.27. The number of halogens is 1. The van der Waals surface area contributed by atoms with E-state index in [0.29, 0.717) is 13.0 Å². The molecule has 1 saturated heterocycles. The van der Waals surface area contributed by atoms with Crippen molar-refractivity contribution in [1.29, 1.82) is 0 Å². The third kappa shape index (κ3) is 3.24. The highest BCUT2D eigenvalue weighted by Gasteiger charge is 2.24. The molecule has 0 spiro atoms. The van der Waals surface area contributed by atoms with Crippen molar-refractivity contribution in [2.24, 2.45) is 0 Å². The zero-order valence-electron chi connectivity index (χ0n) is 10.4. The summed E-state index contributed by atoms with van der Waals surface area (Å²) in [6, 6.07) is 3.92. The average Bonchev–Trinajstić information content (AvgIpc) is 2.29.